The van der Waals surface area contributed by atoms with E-state index in [4.69, 9.17) is 16.7 Å². The Morgan fingerprint density at radius 1 is 1.24 bits per heavy atom. The molecular weight excluding hydrogens is 476 g/mol. The highest BCUT2D eigenvalue weighted by Crippen LogP contribution is 2.66. The molecule has 0 saturated carbocycles. The van der Waals surface area contributed by atoms with Crippen LogP contribution in [0.25, 0.3) is 0 Å². The molecule has 3 aliphatic heterocycles. The summed E-state index contributed by atoms with van der Waals surface area (Å²) in [6, 6.07) is 6.26. The number of hydrogen-bond acceptors (Lipinski definition) is 5. The Bertz CT molecular complexity index is 957. The number of nitrogens with zero attached hydrogens (tertiary/aromatic N) is 2. The number of aliphatic hydroxyl groups is 1. The van der Waals surface area contributed by atoms with E-state index in [2.05, 4.69) is 6.58 Å². The number of carboxylic acid groups (broad SMARTS) is 1. The number of rotatable bonds is 11. The first-order valence-electron chi connectivity index (χ1n) is 11.9. The number of aliphatic carboxylic acids is 1. The first kappa shape index (κ1) is 25.1. The monoisotopic (exact) mass is 506 g/mol. The van der Waals surface area contributed by atoms with E-state index in [1.54, 1.807) is 40.1 Å². The summed E-state index contributed by atoms with van der Waals surface area (Å²) < 4.78 is -0.723. The van der Waals surface area contributed by atoms with Crippen LogP contribution in [0.4, 0.5) is 5.69 Å². The fourth-order valence-corrected chi connectivity index (χ4v) is 8.25. The maximum absolute atomic E-state index is 14.2. The van der Waals surface area contributed by atoms with Crippen molar-refractivity contribution in [2.24, 2.45) is 11.8 Å². The van der Waals surface area contributed by atoms with Crippen LogP contribution in [0, 0.1) is 11.8 Å². The molecule has 3 heterocycles. The number of benzene rings is 1. The lowest BCUT2D eigenvalue weighted by Gasteiger charge is -2.37. The molecule has 1 aromatic carbocycles. The van der Waals surface area contributed by atoms with Crippen molar-refractivity contribution in [3.05, 3.63) is 41.9 Å². The van der Waals surface area contributed by atoms with Crippen molar-refractivity contribution in [3.63, 3.8) is 0 Å². The van der Waals surface area contributed by atoms with Crippen LogP contribution in [0.15, 0.2) is 36.9 Å². The number of thioether (sulfide) groups is 1. The Morgan fingerprint density at radius 3 is 2.59 bits per heavy atom. The van der Waals surface area contributed by atoms with E-state index in [1.807, 2.05) is 0 Å². The molecule has 3 saturated heterocycles. The van der Waals surface area contributed by atoms with Gasteiger partial charge in [-0.2, -0.15) is 0 Å². The second-order valence-electron chi connectivity index (χ2n) is 9.28. The number of hydrogen-bond donors (Lipinski definition) is 2. The number of likely N-dealkylation sites (tertiary alicyclic amines) is 1. The van der Waals surface area contributed by atoms with Gasteiger partial charge in [-0.25, -0.2) is 0 Å². The maximum atomic E-state index is 14.2. The van der Waals surface area contributed by atoms with Crippen LogP contribution < -0.4 is 4.90 Å². The number of anilines is 1. The van der Waals surface area contributed by atoms with Gasteiger partial charge in [-0.15, -0.1) is 18.3 Å². The van der Waals surface area contributed by atoms with Gasteiger partial charge < -0.3 is 20.0 Å². The van der Waals surface area contributed by atoms with E-state index >= 15 is 0 Å². The Labute approximate surface area is 209 Å². The molecule has 0 aromatic heterocycles. The second-order valence-corrected chi connectivity index (χ2v) is 11.3. The summed E-state index contributed by atoms with van der Waals surface area (Å²) in [5.74, 6) is -2.81. The lowest BCUT2D eigenvalue weighted by Crippen LogP contribution is -2.55. The van der Waals surface area contributed by atoms with E-state index in [0.29, 0.717) is 42.9 Å². The van der Waals surface area contributed by atoms with Crippen molar-refractivity contribution < 1.29 is 24.6 Å². The summed E-state index contributed by atoms with van der Waals surface area (Å²) in [4.78, 5) is 43.3. The van der Waals surface area contributed by atoms with Crippen LogP contribution in [0.5, 0.6) is 0 Å². The molecule has 7 nitrogen and oxygen atoms in total. The van der Waals surface area contributed by atoms with E-state index < -0.39 is 28.6 Å². The first-order valence-corrected chi connectivity index (χ1v) is 13.1. The van der Waals surface area contributed by atoms with Crippen LogP contribution in [0.2, 0.25) is 5.02 Å². The highest BCUT2D eigenvalue weighted by Gasteiger charge is 2.73. The molecule has 3 aliphatic rings. The predicted molar refractivity (Wildman–Crippen MR) is 133 cm³/mol. The number of halogens is 1. The van der Waals surface area contributed by atoms with Crippen LogP contribution in [0.3, 0.4) is 0 Å². The van der Waals surface area contributed by atoms with Gasteiger partial charge in [0.2, 0.25) is 5.91 Å². The Hall–Kier alpha value is -2.03. The molecule has 4 rings (SSSR count). The Morgan fingerprint density at radius 2 is 1.94 bits per heavy atom. The summed E-state index contributed by atoms with van der Waals surface area (Å²) >= 11 is 7.59. The first-order chi connectivity index (χ1) is 16.4. The molecular formula is C25H31ClN2O5S. The molecule has 184 valence electrons. The minimum atomic E-state index is -0.950. The second kappa shape index (κ2) is 10.3. The SMILES string of the molecule is C=CCN(C(=O)C1N(CCCCCCO)C(=O)[C@@H]2[C@@H](C(=O)O)[C@H]3CCC12S3)c1ccc(Cl)cc1. The fraction of sp³-hybridized carbons (Fsp3) is 0.560. The van der Waals surface area contributed by atoms with E-state index in [9.17, 15) is 19.5 Å². The Balaban J connectivity index is 1.68. The van der Waals surface area contributed by atoms with E-state index in [0.717, 1.165) is 12.8 Å². The lowest BCUT2D eigenvalue weighted by atomic mass is 9.71. The van der Waals surface area contributed by atoms with Gasteiger partial charge in [0.15, 0.2) is 0 Å². The summed E-state index contributed by atoms with van der Waals surface area (Å²) in [6.07, 6.45) is 6.07. The fourth-order valence-electron chi connectivity index (χ4n) is 5.92. The zero-order chi connectivity index (χ0) is 24.5. The topological polar surface area (TPSA) is 98.2 Å². The molecule has 34 heavy (non-hydrogen) atoms. The molecule has 1 aromatic rings. The number of carbonyl (C=O) groups excluding carboxylic acids is 2. The van der Waals surface area contributed by atoms with Crippen molar-refractivity contribution in [2.45, 2.75) is 54.6 Å². The number of carboxylic acids is 1. The van der Waals surface area contributed by atoms with Crippen molar-refractivity contribution >= 4 is 46.8 Å². The highest BCUT2D eigenvalue weighted by molar-refractivity contribution is 8.02. The summed E-state index contributed by atoms with van der Waals surface area (Å²) in [6.45, 7) is 4.61. The highest BCUT2D eigenvalue weighted by atomic mass is 35.5. The number of unbranched alkanes of at least 4 members (excludes halogenated alkanes) is 3. The minimum absolute atomic E-state index is 0.130. The third kappa shape index (κ3) is 4.25. The summed E-state index contributed by atoms with van der Waals surface area (Å²) in [7, 11) is 0. The summed E-state index contributed by atoms with van der Waals surface area (Å²) in [5, 5.41) is 19.4. The average Bonchev–Trinajstić information content (AvgIpc) is 3.45. The van der Waals surface area contributed by atoms with Crippen molar-refractivity contribution in [1.29, 1.82) is 0 Å². The van der Waals surface area contributed by atoms with Gasteiger partial charge in [-0.1, -0.05) is 30.5 Å². The molecule has 2 N–H and O–H groups in total. The van der Waals surface area contributed by atoms with Gasteiger partial charge in [-0.3, -0.25) is 14.4 Å². The van der Waals surface area contributed by atoms with Gasteiger partial charge >= 0.3 is 5.97 Å². The van der Waals surface area contributed by atoms with Crippen molar-refractivity contribution in [1.82, 2.24) is 4.90 Å². The maximum Gasteiger partial charge on any atom is 0.308 e. The predicted octanol–water partition coefficient (Wildman–Crippen LogP) is 3.59. The zero-order valence-corrected chi connectivity index (χ0v) is 20.6. The number of amides is 2. The van der Waals surface area contributed by atoms with Crippen LogP contribution >= 0.6 is 23.4 Å². The molecule has 2 bridgehead atoms. The van der Waals surface area contributed by atoms with Gasteiger partial charge in [0.1, 0.15) is 6.04 Å². The largest absolute Gasteiger partial charge is 0.481 e. The van der Waals surface area contributed by atoms with Crippen LogP contribution in [0.1, 0.15) is 38.5 Å². The summed E-state index contributed by atoms with van der Waals surface area (Å²) in [5.41, 5.74) is 0.664. The minimum Gasteiger partial charge on any atom is -0.481 e. The molecule has 0 aliphatic carbocycles. The zero-order valence-electron chi connectivity index (χ0n) is 19.1. The molecule has 2 unspecified atom stereocenters. The third-order valence-corrected chi connectivity index (χ3v) is 9.55. The molecule has 5 atom stereocenters. The lowest BCUT2D eigenvalue weighted by molar-refractivity contribution is -0.148. The molecule has 1 spiro atoms. The van der Waals surface area contributed by atoms with Gasteiger partial charge in [-0.05, 0) is 49.9 Å². The molecule has 3 fully saturated rings. The van der Waals surface area contributed by atoms with Crippen LogP contribution in [-0.4, -0.2) is 68.6 Å². The van der Waals surface area contributed by atoms with Crippen molar-refractivity contribution in [3.8, 4) is 0 Å². The van der Waals surface area contributed by atoms with Gasteiger partial charge in [0.25, 0.3) is 5.91 Å². The van der Waals surface area contributed by atoms with E-state index in [-0.39, 0.29) is 30.2 Å². The molecule has 9 heteroatoms. The smallest absolute Gasteiger partial charge is 0.308 e. The van der Waals surface area contributed by atoms with E-state index in [1.165, 1.54) is 11.8 Å². The van der Waals surface area contributed by atoms with Crippen molar-refractivity contribution in [2.75, 3.05) is 24.6 Å². The number of carbonyl (C=O) groups is 3. The standard InChI is InChI=1S/C25H31ClN2O5S/c1-2-13-27(17-9-7-16(26)8-10-17)23(31)21-25-12-11-18(34-25)19(24(32)33)20(25)22(30)28(21)14-5-3-4-6-15-29/h2,7-10,18-21,29H,1,3-6,11-15H2,(H,32,33)/t18-,19+,20+,21?,25?/m1/s1. The number of fused-ring (bicyclic) bond motifs is 1. The third-order valence-electron chi connectivity index (χ3n) is 7.34. The Kier molecular flexibility index (Phi) is 7.60. The average molecular weight is 507 g/mol. The van der Waals surface area contributed by atoms with Gasteiger partial charge in [0, 0.05) is 35.7 Å². The normalized spacial score (nSPS) is 29.4. The van der Waals surface area contributed by atoms with Gasteiger partial charge in [0.05, 0.1) is 16.6 Å². The number of aliphatic hydroxyl groups excluding tert-OH is 1. The quantitative estimate of drug-likeness (QED) is 0.351. The molecule has 0 radical (unpaired) electrons. The molecule has 2 amide bonds. The van der Waals surface area contributed by atoms with Crippen LogP contribution in [-0.2, 0) is 14.4 Å².